The number of morpholine rings is 1. The van der Waals surface area contributed by atoms with Crippen LogP contribution < -0.4 is 0 Å². The Hall–Kier alpha value is -0.120. The van der Waals surface area contributed by atoms with Crippen LogP contribution in [0.3, 0.4) is 0 Å². The molecule has 0 unspecified atom stereocenters. The predicted octanol–water partition coefficient (Wildman–Crippen LogP) is 1.40. The maximum atomic E-state index is 10.0. The third-order valence-electron chi connectivity index (χ3n) is 3.62. The summed E-state index contributed by atoms with van der Waals surface area (Å²) in [6.45, 7) is 7.00. The Morgan fingerprint density at radius 3 is 2.67 bits per heavy atom. The number of ether oxygens (including phenoxy) is 1. The first-order valence-electron chi connectivity index (χ1n) is 6.15. The van der Waals surface area contributed by atoms with Crippen molar-refractivity contribution in [1.29, 1.82) is 0 Å². The maximum absolute atomic E-state index is 10.0. The van der Waals surface area contributed by atoms with Gasteiger partial charge in [0.2, 0.25) is 0 Å². The number of hydrogen-bond acceptors (Lipinski definition) is 3. The second-order valence-electron chi connectivity index (χ2n) is 5.50. The number of rotatable bonds is 1. The van der Waals surface area contributed by atoms with Crippen molar-refractivity contribution in [2.24, 2.45) is 0 Å². The molecule has 3 nitrogen and oxygen atoms in total. The maximum Gasteiger partial charge on any atom is 0.0753 e. The van der Waals surface area contributed by atoms with Crippen LogP contribution in [0.4, 0.5) is 0 Å². The van der Waals surface area contributed by atoms with Gasteiger partial charge in [-0.3, -0.25) is 4.90 Å². The Morgan fingerprint density at radius 1 is 1.27 bits per heavy atom. The Labute approximate surface area is 92.4 Å². The molecule has 2 fully saturated rings. The quantitative estimate of drug-likeness (QED) is 0.714. The summed E-state index contributed by atoms with van der Waals surface area (Å²) in [5.74, 6) is 0. The summed E-state index contributed by atoms with van der Waals surface area (Å²) in [4.78, 5) is 2.42. The topological polar surface area (TPSA) is 32.7 Å². The summed E-state index contributed by atoms with van der Waals surface area (Å²) in [5.41, 5.74) is -0.0462. The summed E-state index contributed by atoms with van der Waals surface area (Å²) in [5, 5.41) is 10.0. The largest absolute Gasteiger partial charge is 0.391 e. The van der Waals surface area contributed by atoms with Crippen molar-refractivity contribution in [2.45, 2.75) is 57.3 Å². The van der Waals surface area contributed by atoms with E-state index in [2.05, 4.69) is 18.7 Å². The van der Waals surface area contributed by atoms with Gasteiger partial charge >= 0.3 is 0 Å². The number of aliphatic hydroxyl groups is 1. The van der Waals surface area contributed by atoms with E-state index >= 15 is 0 Å². The Morgan fingerprint density at radius 2 is 2.00 bits per heavy atom. The molecule has 1 heterocycles. The van der Waals surface area contributed by atoms with Crippen molar-refractivity contribution < 1.29 is 9.84 Å². The van der Waals surface area contributed by atoms with Gasteiger partial charge in [-0.25, -0.2) is 0 Å². The van der Waals surface area contributed by atoms with Gasteiger partial charge in [0.25, 0.3) is 0 Å². The molecule has 1 saturated heterocycles. The van der Waals surface area contributed by atoms with Gasteiger partial charge in [0, 0.05) is 19.1 Å². The second-order valence-corrected chi connectivity index (χ2v) is 5.50. The zero-order chi connectivity index (χ0) is 10.9. The van der Waals surface area contributed by atoms with Crippen molar-refractivity contribution in [2.75, 3.05) is 19.7 Å². The Bertz CT molecular complexity index is 218. The summed E-state index contributed by atoms with van der Waals surface area (Å²) >= 11 is 0. The molecule has 1 aliphatic heterocycles. The van der Waals surface area contributed by atoms with Crippen LogP contribution in [0.5, 0.6) is 0 Å². The molecule has 0 amide bonds. The van der Waals surface area contributed by atoms with Crippen molar-refractivity contribution in [1.82, 2.24) is 4.90 Å². The van der Waals surface area contributed by atoms with E-state index in [1.165, 1.54) is 12.8 Å². The Balaban J connectivity index is 1.96. The van der Waals surface area contributed by atoms with E-state index in [4.69, 9.17) is 4.74 Å². The fourth-order valence-electron chi connectivity index (χ4n) is 2.85. The van der Waals surface area contributed by atoms with Gasteiger partial charge in [0.15, 0.2) is 0 Å². The first kappa shape index (κ1) is 11.4. The van der Waals surface area contributed by atoms with Crippen LogP contribution in [0.2, 0.25) is 0 Å². The van der Waals surface area contributed by atoms with Crippen LogP contribution in [-0.2, 0) is 4.74 Å². The van der Waals surface area contributed by atoms with Crippen LogP contribution in [0.25, 0.3) is 0 Å². The summed E-state index contributed by atoms with van der Waals surface area (Å²) in [6, 6.07) is 0.377. The lowest BCUT2D eigenvalue weighted by Gasteiger charge is -2.45. The van der Waals surface area contributed by atoms with Gasteiger partial charge in [-0.15, -0.1) is 0 Å². The first-order chi connectivity index (χ1) is 7.08. The lowest BCUT2D eigenvalue weighted by Crippen LogP contribution is -2.55. The summed E-state index contributed by atoms with van der Waals surface area (Å²) in [7, 11) is 0. The summed E-state index contributed by atoms with van der Waals surface area (Å²) in [6.07, 6.45) is 4.46. The molecule has 88 valence electrons. The molecule has 0 aromatic heterocycles. The fourth-order valence-corrected chi connectivity index (χ4v) is 2.85. The number of aliphatic hydroxyl groups excluding tert-OH is 1. The number of nitrogens with zero attached hydrogens (tertiary/aromatic N) is 1. The van der Waals surface area contributed by atoms with Gasteiger partial charge in [-0.1, -0.05) is 12.8 Å². The SMILES string of the molecule is CC1(C)CN([C@@H]2CCCC[C@H]2O)CCO1. The molecule has 1 saturated carbocycles. The van der Waals surface area contributed by atoms with Gasteiger partial charge in [0.05, 0.1) is 18.3 Å². The van der Waals surface area contributed by atoms with E-state index in [9.17, 15) is 5.11 Å². The predicted molar refractivity (Wildman–Crippen MR) is 59.9 cm³/mol. The highest BCUT2D eigenvalue weighted by Crippen LogP contribution is 2.27. The average molecular weight is 213 g/mol. The number of hydrogen-bond donors (Lipinski definition) is 1. The molecule has 0 radical (unpaired) electrons. The lowest BCUT2D eigenvalue weighted by molar-refractivity contribution is -0.115. The van der Waals surface area contributed by atoms with E-state index < -0.39 is 0 Å². The molecular weight excluding hydrogens is 190 g/mol. The monoisotopic (exact) mass is 213 g/mol. The Kier molecular flexibility index (Phi) is 3.33. The fraction of sp³-hybridized carbons (Fsp3) is 1.00. The molecule has 2 aliphatic rings. The molecule has 0 spiro atoms. The van der Waals surface area contributed by atoms with Gasteiger partial charge in [-0.2, -0.15) is 0 Å². The summed E-state index contributed by atoms with van der Waals surface area (Å²) < 4.78 is 5.70. The molecule has 0 aromatic carbocycles. The third-order valence-corrected chi connectivity index (χ3v) is 3.62. The molecular formula is C12H23NO2. The highest BCUT2D eigenvalue weighted by molar-refractivity contribution is 4.88. The van der Waals surface area contributed by atoms with Crippen LogP contribution in [0.15, 0.2) is 0 Å². The standard InChI is InChI=1S/C12H23NO2/c1-12(2)9-13(7-8-15-12)10-5-3-4-6-11(10)14/h10-11,14H,3-9H2,1-2H3/t10-,11-/m1/s1. The highest BCUT2D eigenvalue weighted by atomic mass is 16.5. The van der Waals surface area contributed by atoms with E-state index in [0.717, 1.165) is 32.5 Å². The molecule has 2 atom stereocenters. The minimum Gasteiger partial charge on any atom is -0.391 e. The highest BCUT2D eigenvalue weighted by Gasteiger charge is 2.35. The lowest BCUT2D eigenvalue weighted by atomic mass is 9.90. The molecule has 3 heteroatoms. The van der Waals surface area contributed by atoms with Gasteiger partial charge in [-0.05, 0) is 26.7 Å². The molecule has 0 bridgehead atoms. The van der Waals surface area contributed by atoms with E-state index in [-0.39, 0.29) is 11.7 Å². The van der Waals surface area contributed by atoms with E-state index in [1.807, 2.05) is 0 Å². The van der Waals surface area contributed by atoms with Crippen LogP contribution in [0.1, 0.15) is 39.5 Å². The molecule has 2 rings (SSSR count). The van der Waals surface area contributed by atoms with Crippen molar-refractivity contribution >= 4 is 0 Å². The molecule has 0 aromatic rings. The molecule has 15 heavy (non-hydrogen) atoms. The third kappa shape index (κ3) is 2.71. The van der Waals surface area contributed by atoms with Crippen LogP contribution in [0, 0.1) is 0 Å². The minimum atomic E-state index is -0.118. The zero-order valence-electron chi connectivity index (χ0n) is 9.91. The van der Waals surface area contributed by atoms with E-state index in [0.29, 0.717) is 6.04 Å². The second kappa shape index (κ2) is 4.40. The smallest absolute Gasteiger partial charge is 0.0753 e. The zero-order valence-corrected chi connectivity index (χ0v) is 9.91. The van der Waals surface area contributed by atoms with E-state index in [1.54, 1.807) is 0 Å². The van der Waals surface area contributed by atoms with Crippen molar-refractivity contribution in [3.63, 3.8) is 0 Å². The minimum absolute atomic E-state index is 0.0462. The molecule has 1 aliphatic carbocycles. The van der Waals surface area contributed by atoms with Crippen LogP contribution >= 0.6 is 0 Å². The van der Waals surface area contributed by atoms with Crippen molar-refractivity contribution in [3.05, 3.63) is 0 Å². The first-order valence-corrected chi connectivity index (χ1v) is 6.15. The molecule has 1 N–H and O–H groups in total. The van der Waals surface area contributed by atoms with Gasteiger partial charge in [0.1, 0.15) is 0 Å². The normalized spacial score (nSPS) is 37.8. The van der Waals surface area contributed by atoms with Crippen molar-refractivity contribution in [3.8, 4) is 0 Å². The van der Waals surface area contributed by atoms with Crippen LogP contribution in [-0.4, -0.2) is 47.4 Å². The average Bonchev–Trinajstić information content (AvgIpc) is 2.17. The van der Waals surface area contributed by atoms with Gasteiger partial charge < -0.3 is 9.84 Å².